The van der Waals surface area contributed by atoms with Gasteiger partial charge in [-0.2, -0.15) is 5.26 Å². The maximum Gasteiger partial charge on any atom is 0.573 e. The van der Waals surface area contributed by atoms with Gasteiger partial charge in [-0.25, -0.2) is 0 Å². The van der Waals surface area contributed by atoms with Gasteiger partial charge in [-0.3, -0.25) is 9.59 Å². The Kier molecular flexibility index (Phi) is 5.30. The van der Waals surface area contributed by atoms with Crippen LogP contribution in [0.5, 0.6) is 5.75 Å². The van der Waals surface area contributed by atoms with Gasteiger partial charge in [0.05, 0.1) is 30.2 Å². The van der Waals surface area contributed by atoms with Crippen LogP contribution < -0.4 is 4.74 Å². The van der Waals surface area contributed by atoms with E-state index in [4.69, 9.17) is 5.26 Å². The predicted molar refractivity (Wildman–Crippen MR) is 63.6 cm³/mol. The number of hydrogen-bond donors (Lipinski definition) is 0. The summed E-state index contributed by atoms with van der Waals surface area (Å²) in [6.07, 6.45) is -5.17. The van der Waals surface area contributed by atoms with E-state index in [0.29, 0.717) is 0 Å². The molecule has 0 N–H and O–H groups in total. The SMILES string of the molecule is CCOC(=O)Cc1cc(C=O)c(OC(F)(F)F)cc1C#N. The molecular formula is C13H10F3NO4. The summed E-state index contributed by atoms with van der Waals surface area (Å²) in [6, 6.07) is 3.42. The highest BCUT2D eigenvalue weighted by molar-refractivity contribution is 5.82. The van der Waals surface area contributed by atoms with Gasteiger partial charge in [0.25, 0.3) is 0 Å². The molecule has 1 aromatic rings. The predicted octanol–water partition coefficient (Wildman–Crippen LogP) is 2.37. The summed E-state index contributed by atoms with van der Waals surface area (Å²) in [4.78, 5) is 22.2. The number of rotatable bonds is 5. The summed E-state index contributed by atoms with van der Waals surface area (Å²) in [7, 11) is 0. The molecule has 0 atom stereocenters. The van der Waals surface area contributed by atoms with Gasteiger partial charge in [-0.15, -0.1) is 13.2 Å². The molecule has 5 nitrogen and oxygen atoms in total. The molecule has 0 saturated heterocycles. The fraction of sp³-hybridized carbons (Fsp3) is 0.308. The first-order chi connectivity index (χ1) is 9.80. The first kappa shape index (κ1) is 16.5. The van der Waals surface area contributed by atoms with Crippen molar-refractivity contribution in [1.82, 2.24) is 0 Å². The Hall–Kier alpha value is -2.56. The lowest BCUT2D eigenvalue weighted by Gasteiger charge is -2.13. The number of hydrogen-bond acceptors (Lipinski definition) is 5. The lowest BCUT2D eigenvalue weighted by Crippen LogP contribution is -2.18. The molecule has 0 heterocycles. The Balaban J connectivity index is 3.20. The maximum atomic E-state index is 12.2. The fourth-order valence-corrected chi connectivity index (χ4v) is 1.57. The zero-order chi connectivity index (χ0) is 16.0. The van der Waals surface area contributed by atoms with Gasteiger partial charge >= 0.3 is 12.3 Å². The molecule has 1 aromatic carbocycles. The second-order valence-electron chi connectivity index (χ2n) is 3.81. The zero-order valence-corrected chi connectivity index (χ0v) is 10.9. The van der Waals surface area contributed by atoms with Gasteiger partial charge in [0.1, 0.15) is 5.75 Å². The van der Waals surface area contributed by atoms with Crippen molar-refractivity contribution in [2.45, 2.75) is 19.7 Å². The zero-order valence-electron chi connectivity index (χ0n) is 10.9. The Morgan fingerprint density at radius 3 is 2.57 bits per heavy atom. The van der Waals surface area contributed by atoms with E-state index >= 15 is 0 Å². The highest BCUT2D eigenvalue weighted by atomic mass is 19.4. The Bertz CT molecular complexity index is 590. The average Bonchev–Trinajstić information content (AvgIpc) is 2.38. The van der Waals surface area contributed by atoms with E-state index in [1.807, 2.05) is 0 Å². The third-order valence-electron chi connectivity index (χ3n) is 2.35. The summed E-state index contributed by atoms with van der Waals surface area (Å²) in [5.41, 5.74) is -0.522. The monoisotopic (exact) mass is 301 g/mol. The average molecular weight is 301 g/mol. The summed E-state index contributed by atoms with van der Waals surface area (Å²) >= 11 is 0. The minimum atomic E-state index is -4.99. The molecule has 0 aliphatic carbocycles. The molecule has 0 radical (unpaired) electrons. The fourth-order valence-electron chi connectivity index (χ4n) is 1.57. The summed E-state index contributed by atoms with van der Waals surface area (Å²) in [6.45, 7) is 1.71. The number of ether oxygens (including phenoxy) is 2. The van der Waals surface area contributed by atoms with Crippen LogP contribution in [-0.2, 0) is 16.0 Å². The van der Waals surface area contributed by atoms with Crippen LogP contribution in [0.3, 0.4) is 0 Å². The molecule has 0 fully saturated rings. The number of benzene rings is 1. The number of carbonyl (C=O) groups is 2. The standard InChI is InChI=1S/C13H10F3NO4/c1-2-20-12(19)5-8-3-10(7-18)11(4-9(8)6-17)21-13(14,15)16/h3-4,7H,2,5H2,1H3. The molecule has 112 valence electrons. The van der Waals surface area contributed by atoms with Crippen molar-refractivity contribution in [1.29, 1.82) is 5.26 Å². The van der Waals surface area contributed by atoms with Crippen molar-refractivity contribution in [2.24, 2.45) is 0 Å². The molecule has 0 aliphatic heterocycles. The Morgan fingerprint density at radius 1 is 1.43 bits per heavy atom. The van der Waals surface area contributed by atoms with Gasteiger partial charge in [0.15, 0.2) is 6.29 Å². The molecule has 0 aromatic heterocycles. The highest BCUT2D eigenvalue weighted by Crippen LogP contribution is 2.28. The van der Waals surface area contributed by atoms with Crippen molar-refractivity contribution in [3.8, 4) is 11.8 Å². The third-order valence-corrected chi connectivity index (χ3v) is 2.35. The van der Waals surface area contributed by atoms with Gasteiger partial charge in [0, 0.05) is 0 Å². The Morgan fingerprint density at radius 2 is 2.10 bits per heavy atom. The topological polar surface area (TPSA) is 76.4 Å². The van der Waals surface area contributed by atoms with Crippen molar-refractivity contribution >= 4 is 12.3 Å². The first-order valence-corrected chi connectivity index (χ1v) is 5.74. The normalized spacial score (nSPS) is 10.6. The van der Waals surface area contributed by atoms with Crippen molar-refractivity contribution in [3.63, 3.8) is 0 Å². The van der Waals surface area contributed by atoms with E-state index in [1.165, 1.54) is 0 Å². The number of halogens is 3. The largest absolute Gasteiger partial charge is 0.573 e. The molecule has 0 amide bonds. The second kappa shape index (κ2) is 6.74. The molecule has 0 saturated carbocycles. The van der Waals surface area contributed by atoms with Gasteiger partial charge in [-0.1, -0.05) is 0 Å². The quantitative estimate of drug-likeness (QED) is 0.616. The van der Waals surface area contributed by atoms with E-state index in [2.05, 4.69) is 9.47 Å². The molecule has 0 bridgehead atoms. The molecule has 8 heteroatoms. The number of nitriles is 1. The Labute approximate surface area is 117 Å². The highest BCUT2D eigenvalue weighted by Gasteiger charge is 2.32. The number of aldehydes is 1. The van der Waals surface area contributed by atoms with Gasteiger partial charge in [-0.05, 0) is 24.6 Å². The summed E-state index contributed by atoms with van der Waals surface area (Å²) in [5, 5.41) is 8.92. The molecular weight excluding hydrogens is 291 g/mol. The van der Waals surface area contributed by atoms with E-state index in [0.717, 1.165) is 12.1 Å². The lowest BCUT2D eigenvalue weighted by atomic mass is 10.0. The maximum absolute atomic E-state index is 12.2. The van der Waals surface area contributed by atoms with Crippen molar-refractivity contribution < 1.29 is 32.2 Å². The molecule has 21 heavy (non-hydrogen) atoms. The first-order valence-electron chi connectivity index (χ1n) is 5.74. The number of carbonyl (C=O) groups excluding carboxylic acids is 2. The van der Waals surface area contributed by atoms with Crippen LogP contribution in [-0.4, -0.2) is 25.2 Å². The van der Waals surface area contributed by atoms with E-state index in [9.17, 15) is 22.8 Å². The van der Waals surface area contributed by atoms with Crippen molar-refractivity contribution in [2.75, 3.05) is 6.61 Å². The van der Waals surface area contributed by atoms with E-state index in [-0.39, 0.29) is 30.4 Å². The number of nitrogens with zero attached hydrogens (tertiary/aromatic N) is 1. The molecule has 1 rings (SSSR count). The van der Waals surface area contributed by atoms with Gasteiger partial charge in [0.2, 0.25) is 0 Å². The lowest BCUT2D eigenvalue weighted by molar-refractivity contribution is -0.274. The summed E-state index contributed by atoms with van der Waals surface area (Å²) in [5.74, 6) is -1.45. The van der Waals surface area contributed by atoms with Crippen LogP contribution in [0.4, 0.5) is 13.2 Å². The van der Waals surface area contributed by atoms with Crippen molar-refractivity contribution in [3.05, 3.63) is 28.8 Å². The number of esters is 1. The minimum absolute atomic E-state index is 0.0903. The third kappa shape index (κ3) is 4.80. The molecule has 0 spiro atoms. The van der Waals surface area contributed by atoms with E-state index < -0.39 is 23.6 Å². The van der Waals surface area contributed by atoms with Crippen LogP contribution in [0.25, 0.3) is 0 Å². The van der Waals surface area contributed by atoms with Crippen LogP contribution in [0.15, 0.2) is 12.1 Å². The van der Waals surface area contributed by atoms with Gasteiger partial charge < -0.3 is 9.47 Å². The number of alkyl halides is 3. The molecule has 0 unspecified atom stereocenters. The summed E-state index contributed by atoms with van der Waals surface area (Å²) < 4.78 is 45.0. The van der Waals surface area contributed by atoms with Crippen LogP contribution in [0, 0.1) is 11.3 Å². The second-order valence-corrected chi connectivity index (χ2v) is 3.81. The van der Waals surface area contributed by atoms with E-state index in [1.54, 1.807) is 13.0 Å². The van der Waals surface area contributed by atoms with Crippen LogP contribution in [0.2, 0.25) is 0 Å². The smallest absolute Gasteiger partial charge is 0.466 e. The minimum Gasteiger partial charge on any atom is -0.466 e. The van der Waals surface area contributed by atoms with Crippen LogP contribution in [0.1, 0.15) is 28.4 Å². The van der Waals surface area contributed by atoms with Crippen LogP contribution >= 0.6 is 0 Å². The molecule has 0 aliphatic rings.